The van der Waals surface area contributed by atoms with Crippen LogP contribution in [0.4, 0.5) is 17.1 Å². The van der Waals surface area contributed by atoms with Crippen molar-refractivity contribution in [1.29, 1.82) is 0 Å². The topological polar surface area (TPSA) is 3.24 Å². The monoisotopic (exact) mass is 853 g/mol. The van der Waals surface area contributed by atoms with Crippen LogP contribution in [0.25, 0.3) is 66.1 Å². The number of hydrogen-bond acceptors (Lipinski definition) is 1. The van der Waals surface area contributed by atoms with Gasteiger partial charge in [0.15, 0.2) is 0 Å². The van der Waals surface area contributed by atoms with E-state index in [0.29, 0.717) is 0 Å². The molecule has 0 fully saturated rings. The van der Waals surface area contributed by atoms with E-state index in [9.17, 15) is 0 Å². The maximum atomic E-state index is 2.51. The third-order valence-corrected chi connectivity index (χ3v) is 14.9. The van der Waals surface area contributed by atoms with Crippen molar-refractivity contribution in [2.45, 2.75) is 24.7 Å². The van der Waals surface area contributed by atoms with E-state index >= 15 is 0 Å². The molecule has 2 aliphatic rings. The lowest BCUT2D eigenvalue weighted by atomic mass is 9.67. The minimum absolute atomic E-state index is 0.148. The molecule has 1 heteroatoms. The third kappa shape index (κ3) is 5.88. The van der Waals surface area contributed by atoms with Gasteiger partial charge in [0.1, 0.15) is 0 Å². The summed E-state index contributed by atoms with van der Waals surface area (Å²) in [6.07, 6.45) is 0. The Morgan fingerprint density at radius 3 is 1.51 bits per heavy atom. The number of rotatable bonds is 7. The molecule has 13 rings (SSSR count). The molecule has 0 saturated heterocycles. The van der Waals surface area contributed by atoms with Crippen molar-refractivity contribution in [3.63, 3.8) is 0 Å². The van der Waals surface area contributed by atoms with E-state index in [2.05, 4.69) is 267 Å². The Morgan fingerprint density at radius 2 is 0.791 bits per heavy atom. The SMILES string of the molecule is CC1(C)c2ccccc2-c2ccc(N(c3ccc4c(c3)C(c3ccccc3)(c3ccccc3)c3cccc(-c5ccc(-c6cccc7ccccc67)cc5)c3-4)c3cccc4ccccc34)cc21. The first-order valence-electron chi connectivity index (χ1n) is 23.5. The normalized spacial score (nSPS) is 13.8. The maximum Gasteiger partial charge on any atom is 0.0714 e. The van der Waals surface area contributed by atoms with Crippen LogP contribution < -0.4 is 4.90 Å². The van der Waals surface area contributed by atoms with Crippen LogP contribution in [0.2, 0.25) is 0 Å². The van der Waals surface area contributed by atoms with Gasteiger partial charge < -0.3 is 4.90 Å². The highest BCUT2D eigenvalue weighted by Gasteiger charge is 2.47. The highest BCUT2D eigenvalue weighted by Crippen LogP contribution is 2.60. The summed E-state index contributed by atoms with van der Waals surface area (Å²) in [4.78, 5) is 2.51. The van der Waals surface area contributed by atoms with E-state index in [1.807, 2.05) is 0 Å². The van der Waals surface area contributed by atoms with Crippen molar-refractivity contribution in [2.24, 2.45) is 0 Å². The van der Waals surface area contributed by atoms with Gasteiger partial charge in [-0.25, -0.2) is 0 Å². The predicted molar refractivity (Wildman–Crippen MR) is 282 cm³/mol. The molecule has 0 aliphatic heterocycles. The van der Waals surface area contributed by atoms with Crippen LogP contribution in [-0.4, -0.2) is 0 Å². The lowest BCUT2D eigenvalue weighted by Crippen LogP contribution is -2.28. The summed E-state index contributed by atoms with van der Waals surface area (Å²) < 4.78 is 0. The average Bonchev–Trinajstić information content (AvgIpc) is 3.82. The minimum atomic E-state index is -0.603. The summed E-state index contributed by atoms with van der Waals surface area (Å²) in [6.45, 7) is 4.75. The molecule has 11 aromatic carbocycles. The Bertz CT molecular complexity index is 3660. The Morgan fingerprint density at radius 1 is 0.313 bits per heavy atom. The van der Waals surface area contributed by atoms with Gasteiger partial charge in [-0.2, -0.15) is 0 Å². The van der Waals surface area contributed by atoms with Gasteiger partial charge in [-0.3, -0.25) is 0 Å². The van der Waals surface area contributed by atoms with Crippen molar-refractivity contribution in [1.82, 2.24) is 0 Å². The van der Waals surface area contributed by atoms with Gasteiger partial charge in [0.05, 0.1) is 11.1 Å². The first kappa shape index (κ1) is 39.1. The molecule has 0 atom stereocenters. The van der Waals surface area contributed by atoms with Crippen molar-refractivity contribution in [3.8, 4) is 44.5 Å². The van der Waals surface area contributed by atoms with E-state index in [1.165, 1.54) is 99.4 Å². The molecular weight excluding hydrogens is 807 g/mol. The smallest absolute Gasteiger partial charge is 0.0714 e. The largest absolute Gasteiger partial charge is 0.310 e. The van der Waals surface area contributed by atoms with Gasteiger partial charge in [0.25, 0.3) is 0 Å². The number of nitrogens with zero attached hydrogens (tertiary/aromatic N) is 1. The molecular formula is C66H47N. The average molecular weight is 854 g/mol. The van der Waals surface area contributed by atoms with Gasteiger partial charge in [0.2, 0.25) is 0 Å². The van der Waals surface area contributed by atoms with Gasteiger partial charge in [0, 0.05) is 22.2 Å². The van der Waals surface area contributed by atoms with Gasteiger partial charge in [-0.1, -0.05) is 232 Å². The molecule has 316 valence electrons. The van der Waals surface area contributed by atoms with Gasteiger partial charge >= 0.3 is 0 Å². The molecule has 0 radical (unpaired) electrons. The Labute approximate surface area is 392 Å². The fourth-order valence-corrected chi connectivity index (χ4v) is 11.9. The summed E-state index contributed by atoms with van der Waals surface area (Å²) >= 11 is 0. The van der Waals surface area contributed by atoms with Crippen molar-refractivity contribution in [2.75, 3.05) is 4.90 Å². The standard InChI is InChI=1S/C66H47N/c1-65(2)59-31-14-13-28-56(59)57-40-38-50(42-61(57)65)67(63-33-16-21-45-19-10-12-27-54(45)63)51-39-41-58-62(43-51)66(48-22-5-3-6-23-48,49-24-7-4-8-25-49)60-32-17-30-55(64(58)60)47-36-34-46(35-37-47)53-29-15-20-44-18-9-11-26-52(44)53/h3-43H,1-2H3. The number of benzene rings is 11. The van der Waals surface area contributed by atoms with Crippen LogP contribution in [-0.2, 0) is 10.8 Å². The fraction of sp³-hybridized carbons (Fsp3) is 0.0606. The van der Waals surface area contributed by atoms with E-state index in [1.54, 1.807) is 0 Å². The van der Waals surface area contributed by atoms with E-state index < -0.39 is 5.41 Å². The van der Waals surface area contributed by atoms with Gasteiger partial charge in [-0.15, -0.1) is 0 Å². The second-order valence-corrected chi connectivity index (χ2v) is 18.8. The highest BCUT2D eigenvalue weighted by molar-refractivity contribution is 6.02. The van der Waals surface area contributed by atoms with Crippen LogP contribution in [0, 0.1) is 0 Å². The molecule has 0 heterocycles. The molecule has 0 bridgehead atoms. The summed E-state index contributed by atoms with van der Waals surface area (Å²) in [5.41, 5.74) is 20.5. The van der Waals surface area contributed by atoms with E-state index in [0.717, 1.165) is 17.1 Å². The van der Waals surface area contributed by atoms with Crippen molar-refractivity contribution in [3.05, 3.63) is 282 Å². The van der Waals surface area contributed by atoms with Crippen LogP contribution in [0.5, 0.6) is 0 Å². The molecule has 0 saturated carbocycles. The summed E-state index contributed by atoms with van der Waals surface area (Å²) in [5.74, 6) is 0. The second-order valence-electron chi connectivity index (χ2n) is 18.8. The summed E-state index contributed by atoms with van der Waals surface area (Å²) in [6, 6.07) is 92.8. The van der Waals surface area contributed by atoms with Crippen molar-refractivity contribution < 1.29 is 0 Å². The Hall–Kier alpha value is -8.26. The predicted octanol–water partition coefficient (Wildman–Crippen LogP) is 17.5. The molecule has 0 unspecified atom stereocenters. The van der Waals surface area contributed by atoms with Crippen LogP contribution in [0.15, 0.2) is 249 Å². The lowest BCUT2D eigenvalue weighted by molar-refractivity contribution is 0.660. The highest BCUT2D eigenvalue weighted by atomic mass is 15.1. The molecule has 2 aliphatic carbocycles. The van der Waals surface area contributed by atoms with E-state index in [-0.39, 0.29) is 5.41 Å². The number of anilines is 3. The first-order valence-corrected chi connectivity index (χ1v) is 23.5. The molecule has 0 spiro atoms. The molecule has 11 aromatic rings. The third-order valence-electron chi connectivity index (χ3n) is 14.9. The quantitative estimate of drug-likeness (QED) is 0.154. The van der Waals surface area contributed by atoms with Gasteiger partial charge in [-0.05, 0) is 124 Å². The first-order chi connectivity index (χ1) is 33.0. The zero-order chi connectivity index (χ0) is 44.7. The minimum Gasteiger partial charge on any atom is -0.310 e. The van der Waals surface area contributed by atoms with E-state index in [4.69, 9.17) is 0 Å². The second kappa shape index (κ2) is 15.2. The Balaban J connectivity index is 1.06. The lowest BCUT2D eigenvalue weighted by Gasteiger charge is -2.35. The Kier molecular flexibility index (Phi) is 8.85. The zero-order valence-corrected chi connectivity index (χ0v) is 37.6. The molecule has 67 heavy (non-hydrogen) atoms. The zero-order valence-electron chi connectivity index (χ0n) is 37.6. The number of hydrogen-bond donors (Lipinski definition) is 0. The fourth-order valence-electron chi connectivity index (χ4n) is 11.9. The number of fused-ring (bicyclic) bond motifs is 8. The summed E-state index contributed by atoms with van der Waals surface area (Å²) in [7, 11) is 0. The molecule has 0 amide bonds. The van der Waals surface area contributed by atoms with Crippen LogP contribution in [0.1, 0.15) is 47.2 Å². The molecule has 1 nitrogen and oxygen atoms in total. The summed E-state index contributed by atoms with van der Waals surface area (Å²) in [5, 5.41) is 4.95. The molecule has 0 aromatic heterocycles. The maximum absolute atomic E-state index is 2.51. The van der Waals surface area contributed by atoms with Crippen LogP contribution >= 0.6 is 0 Å². The van der Waals surface area contributed by atoms with Crippen LogP contribution in [0.3, 0.4) is 0 Å². The van der Waals surface area contributed by atoms with Crippen molar-refractivity contribution >= 4 is 38.6 Å². The molecule has 0 N–H and O–H groups in total.